The van der Waals surface area contributed by atoms with Crippen LogP contribution < -0.4 is 5.32 Å². The lowest BCUT2D eigenvalue weighted by Gasteiger charge is -2.07. The molecule has 0 amide bonds. The van der Waals surface area contributed by atoms with Crippen LogP contribution in [0.25, 0.3) is 0 Å². The summed E-state index contributed by atoms with van der Waals surface area (Å²) in [4.78, 5) is 10.2. The van der Waals surface area contributed by atoms with E-state index in [0.29, 0.717) is 17.4 Å². The summed E-state index contributed by atoms with van der Waals surface area (Å²) < 4.78 is 2.77. The Labute approximate surface area is 126 Å². The van der Waals surface area contributed by atoms with Gasteiger partial charge in [-0.15, -0.1) is 0 Å². The fraction of sp³-hybridized carbons (Fsp3) is 0.385. The van der Waals surface area contributed by atoms with Crippen molar-refractivity contribution in [1.29, 1.82) is 0 Å². The molecule has 21 heavy (non-hydrogen) atoms. The van der Waals surface area contributed by atoms with Crippen LogP contribution >= 0.6 is 12.2 Å². The molecule has 0 aliphatic heterocycles. The molecule has 0 spiro atoms. The van der Waals surface area contributed by atoms with Gasteiger partial charge in [-0.25, -0.2) is 0 Å². The highest BCUT2D eigenvalue weighted by atomic mass is 32.1. The van der Waals surface area contributed by atoms with Crippen molar-refractivity contribution in [3.63, 3.8) is 0 Å². The third-order valence-electron chi connectivity index (χ3n) is 3.45. The number of H-pyrrole nitrogens is 1. The van der Waals surface area contributed by atoms with Gasteiger partial charge in [-0.1, -0.05) is 0 Å². The zero-order valence-corrected chi connectivity index (χ0v) is 12.1. The van der Waals surface area contributed by atoms with E-state index in [4.69, 9.17) is 12.2 Å². The van der Waals surface area contributed by atoms with Gasteiger partial charge in [0.15, 0.2) is 4.77 Å². The zero-order valence-electron chi connectivity index (χ0n) is 11.3. The van der Waals surface area contributed by atoms with Crippen LogP contribution in [-0.4, -0.2) is 26.2 Å². The molecule has 110 valence electrons. The first kappa shape index (κ1) is 13.7. The third-order valence-corrected chi connectivity index (χ3v) is 3.73. The van der Waals surface area contributed by atoms with Crippen LogP contribution in [0.4, 0.5) is 11.4 Å². The van der Waals surface area contributed by atoms with Crippen LogP contribution in [0, 0.1) is 14.9 Å². The van der Waals surface area contributed by atoms with E-state index in [9.17, 15) is 10.1 Å². The van der Waals surface area contributed by atoms with Gasteiger partial charge in [0, 0.05) is 36.8 Å². The van der Waals surface area contributed by atoms with Crippen molar-refractivity contribution in [1.82, 2.24) is 14.8 Å². The number of hydrogen-bond acceptors (Lipinski definition) is 5. The molecule has 1 aromatic carbocycles. The first-order chi connectivity index (χ1) is 10.1. The molecule has 1 aliphatic carbocycles. The van der Waals surface area contributed by atoms with E-state index in [1.54, 1.807) is 12.1 Å². The second-order valence-corrected chi connectivity index (χ2v) is 5.41. The summed E-state index contributed by atoms with van der Waals surface area (Å²) in [6, 6.07) is 6.89. The number of nitro groups is 1. The van der Waals surface area contributed by atoms with Gasteiger partial charge in [0.2, 0.25) is 0 Å². The molecule has 1 aliphatic rings. The van der Waals surface area contributed by atoms with Crippen LogP contribution in [0.5, 0.6) is 0 Å². The molecule has 8 heteroatoms. The molecule has 3 rings (SSSR count). The van der Waals surface area contributed by atoms with Gasteiger partial charge < -0.3 is 9.88 Å². The number of nitrogens with one attached hydrogen (secondary N) is 2. The molecular weight excluding hydrogens is 290 g/mol. The van der Waals surface area contributed by atoms with E-state index in [-0.39, 0.29) is 5.69 Å². The number of nitro benzene ring substituents is 1. The minimum absolute atomic E-state index is 0.0928. The van der Waals surface area contributed by atoms with Crippen LogP contribution in [0.3, 0.4) is 0 Å². The number of aromatic nitrogens is 3. The van der Waals surface area contributed by atoms with Gasteiger partial charge in [0.25, 0.3) is 5.69 Å². The maximum Gasteiger partial charge on any atom is 0.269 e. The van der Waals surface area contributed by atoms with Crippen molar-refractivity contribution < 1.29 is 4.92 Å². The summed E-state index contributed by atoms with van der Waals surface area (Å²) in [7, 11) is 0. The standard InChI is InChI=1S/C13H15N5O2S/c19-18(20)11-3-1-9(2-4-11)14-8-7-12-15-16-13(21)17(12)10-5-6-10/h1-4,10,14H,5-8H2,(H,16,21). The minimum Gasteiger partial charge on any atom is -0.385 e. The molecule has 0 radical (unpaired) electrons. The minimum atomic E-state index is -0.406. The SMILES string of the molecule is O=[N+]([O-])c1ccc(NCCc2n[nH]c(=S)n2C2CC2)cc1. The monoisotopic (exact) mass is 305 g/mol. The second-order valence-electron chi connectivity index (χ2n) is 5.03. The van der Waals surface area contributed by atoms with Gasteiger partial charge in [0.1, 0.15) is 5.82 Å². The summed E-state index contributed by atoms with van der Waals surface area (Å²) in [6.45, 7) is 0.699. The summed E-state index contributed by atoms with van der Waals surface area (Å²) in [6.07, 6.45) is 3.08. The average Bonchev–Trinajstić information content (AvgIpc) is 3.24. The van der Waals surface area contributed by atoms with Crippen molar-refractivity contribution in [3.8, 4) is 0 Å². The smallest absolute Gasteiger partial charge is 0.269 e. The highest BCUT2D eigenvalue weighted by Crippen LogP contribution is 2.35. The Morgan fingerprint density at radius 1 is 1.43 bits per heavy atom. The largest absolute Gasteiger partial charge is 0.385 e. The van der Waals surface area contributed by atoms with Gasteiger partial charge in [-0.05, 0) is 37.2 Å². The van der Waals surface area contributed by atoms with Crippen molar-refractivity contribution >= 4 is 23.6 Å². The lowest BCUT2D eigenvalue weighted by atomic mass is 10.3. The molecule has 7 nitrogen and oxygen atoms in total. The lowest BCUT2D eigenvalue weighted by Crippen LogP contribution is -2.10. The van der Waals surface area contributed by atoms with Gasteiger partial charge in [0.05, 0.1) is 4.92 Å². The Bertz CT molecular complexity index is 702. The Morgan fingerprint density at radius 2 is 2.14 bits per heavy atom. The average molecular weight is 305 g/mol. The number of nitrogens with zero attached hydrogens (tertiary/aromatic N) is 3. The predicted octanol–water partition coefficient (Wildman–Crippen LogP) is 2.84. The fourth-order valence-electron chi connectivity index (χ4n) is 2.24. The van der Waals surface area contributed by atoms with Crippen molar-refractivity contribution in [2.45, 2.75) is 25.3 Å². The van der Waals surface area contributed by atoms with Crippen LogP contribution in [-0.2, 0) is 6.42 Å². The molecule has 0 saturated heterocycles. The van der Waals surface area contributed by atoms with E-state index < -0.39 is 4.92 Å². The van der Waals surface area contributed by atoms with E-state index in [2.05, 4.69) is 20.1 Å². The fourth-order valence-corrected chi connectivity index (χ4v) is 2.54. The summed E-state index contributed by atoms with van der Waals surface area (Å²) >= 11 is 5.23. The topological polar surface area (TPSA) is 88.8 Å². The molecule has 1 aromatic heterocycles. The van der Waals surface area contributed by atoms with Crippen LogP contribution in [0.15, 0.2) is 24.3 Å². The van der Waals surface area contributed by atoms with Gasteiger partial charge in [-0.2, -0.15) is 5.10 Å². The zero-order chi connectivity index (χ0) is 14.8. The second kappa shape index (κ2) is 5.65. The molecule has 0 bridgehead atoms. The number of anilines is 1. The van der Waals surface area contributed by atoms with E-state index in [1.165, 1.54) is 12.1 Å². The number of hydrogen-bond donors (Lipinski definition) is 2. The Balaban J connectivity index is 1.59. The molecular formula is C13H15N5O2S. The summed E-state index contributed by atoms with van der Waals surface area (Å²) in [5, 5.41) is 20.9. The Hall–Kier alpha value is -2.22. The van der Waals surface area contributed by atoms with Crippen molar-refractivity contribution in [3.05, 3.63) is 45.0 Å². The molecule has 0 atom stereocenters. The number of benzene rings is 1. The van der Waals surface area contributed by atoms with Crippen LogP contribution in [0.2, 0.25) is 0 Å². The quantitative estimate of drug-likeness (QED) is 0.486. The van der Waals surface area contributed by atoms with Gasteiger partial charge in [-0.3, -0.25) is 15.2 Å². The molecule has 1 heterocycles. The van der Waals surface area contributed by atoms with E-state index >= 15 is 0 Å². The van der Waals surface area contributed by atoms with Crippen LogP contribution in [0.1, 0.15) is 24.7 Å². The predicted molar refractivity (Wildman–Crippen MR) is 81.0 cm³/mol. The maximum atomic E-state index is 10.6. The first-order valence-corrected chi connectivity index (χ1v) is 7.20. The molecule has 0 unspecified atom stereocenters. The maximum absolute atomic E-state index is 10.6. The van der Waals surface area contributed by atoms with E-state index in [1.807, 2.05) is 0 Å². The summed E-state index contributed by atoms with van der Waals surface area (Å²) in [5.74, 6) is 0.955. The third kappa shape index (κ3) is 3.10. The lowest BCUT2D eigenvalue weighted by molar-refractivity contribution is -0.384. The first-order valence-electron chi connectivity index (χ1n) is 6.79. The molecule has 2 N–H and O–H groups in total. The Morgan fingerprint density at radius 3 is 2.76 bits per heavy atom. The van der Waals surface area contributed by atoms with Crippen molar-refractivity contribution in [2.75, 3.05) is 11.9 Å². The number of non-ortho nitro benzene ring substituents is 1. The summed E-state index contributed by atoms with van der Waals surface area (Å²) in [5.41, 5.74) is 0.947. The highest BCUT2D eigenvalue weighted by molar-refractivity contribution is 7.71. The molecule has 2 aromatic rings. The van der Waals surface area contributed by atoms with Gasteiger partial charge >= 0.3 is 0 Å². The number of aromatic amines is 1. The highest BCUT2D eigenvalue weighted by Gasteiger charge is 2.26. The van der Waals surface area contributed by atoms with E-state index in [0.717, 1.165) is 30.8 Å². The molecule has 1 saturated carbocycles. The molecule has 1 fully saturated rings. The normalized spacial score (nSPS) is 14.1. The van der Waals surface area contributed by atoms with Crippen molar-refractivity contribution in [2.24, 2.45) is 0 Å². The Kier molecular flexibility index (Phi) is 3.70. The number of rotatable bonds is 6.